The number of carbonyl (C=O) groups is 1. The summed E-state index contributed by atoms with van der Waals surface area (Å²) in [6.07, 6.45) is 4.44. The molecule has 0 bridgehead atoms. The molecule has 272 valence electrons. The third-order valence-electron chi connectivity index (χ3n) is 8.97. The number of ether oxygens (including phenoxy) is 2. The Morgan fingerprint density at radius 1 is 1.00 bits per heavy atom. The van der Waals surface area contributed by atoms with Crippen molar-refractivity contribution in [3.8, 4) is 16.4 Å². The Morgan fingerprint density at radius 2 is 1.81 bits per heavy atom. The summed E-state index contributed by atoms with van der Waals surface area (Å²) in [4.78, 5) is 49.9. The van der Waals surface area contributed by atoms with E-state index in [9.17, 15) is 14.4 Å². The molecule has 0 spiro atoms. The van der Waals surface area contributed by atoms with E-state index in [0.29, 0.717) is 61.5 Å². The second-order valence-corrected chi connectivity index (χ2v) is 14.3. The molecule has 6 aromatic rings. The second kappa shape index (κ2) is 15.7. The maximum Gasteiger partial charge on any atom is 0.332 e. The van der Waals surface area contributed by atoms with E-state index in [1.54, 1.807) is 17.5 Å². The molecule has 7 rings (SSSR count). The third-order valence-corrected chi connectivity index (χ3v) is 10.4. The van der Waals surface area contributed by atoms with Gasteiger partial charge in [-0.15, -0.1) is 21.5 Å². The van der Waals surface area contributed by atoms with Crippen molar-refractivity contribution in [2.75, 3.05) is 26.4 Å². The first kappa shape index (κ1) is 35.9. The van der Waals surface area contributed by atoms with Crippen molar-refractivity contribution < 1.29 is 14.3 Å². The average Bonchev–Trinajstić information content (AvgIpc) is 3.62. The number of aliphatic imine (C=N–C) groups is 1. The van der Waals surface area contributed by atoms with Gasteiger partial charge in [0.15, 0.2) is 5.82 Å². The van der Waals surface area contributed by atoms with Crippen LogP contribution in [0.2, 0.25) is 5.02 Å². The van der Waals surface area contributed by atoms with Gasteiger partial charge in [0, 0.05) is 64.9 Å². The molecule has 13 nitrogen and oxygen atoms in total. The quantitative estimate of drug-likeness (QED) is 0.145. The van der Waals surface area contributed by atoms with Crippen LogP contribution in [0.3, 0.4) is 0 Å². The number of rotatable bonds is 13. The van der Waals surface area contributed by atoms with E-state index >= 15 is 0 Å². The Bertz CT molecular complexity index is 2450. The van der Waals surface area contributed by atoms with E-state index in [1.165, 1.54) is 21.7 Å². The number of hydrogen-bond acceptors (Lipinski definition) is 10. The Balaban J connectivity index is 0.889. The zero-order valence-electron chi connectivity index (χ0n) is 29.4. The predicted octanol–water partition coefficient (Wildman–Crippen LogP) is 5.57. The Kier molecular flexibility index (Phi) is 10.6. The van der Waals surface area contributed by atoms with E-state index in [1.807, 2.05) is 60.0 Å². The summed E-state index contributed by atoms with van der Waals surface area (Å²) in [5, 5.41) is 14.3. The fourth-order valence-corrected chi connectivity index (χ4v) is 7.52. The number of amides is 1. The van der Waals surface area contributed by atoms with Crippen LogP contribution < -0.4 is 21.3 Å². The second-order valence-electron chi connectivity index (χ2n) is 12.7. The first-order valence-corrected chi connectivity index (χ1v) is 18.4. The van der Waals surface area contributed by atoms with Crippen molar-refractivity contribution in [3.63, 3.8) is 0 Å². The van der Waals surface area contributed by atoms with Crippen LogP contribution in [0.5, 0.6) is 5.75 Å². The Hall–Kier alpha value is -5.44. The Morgan fingerprint density at radius 3 is 2.62 bits per heavy atom. The molecule has 0 aliphatic carbocycles. The number of carbonyl (C=O) groups excluding carboxylic acids is 1. The van der Waals surface area contributed by atoms with E-state index < -0.39 is 17.3 Å². The van der Waals surface area contributed by atoms with E-state index in [4.69, 9.17) is 26.1 Å². The largest absolute Gasteiger partial charge is 0.493 e. The topological polar surface area (TPSA) is 158 Å². The number of pyridine rings is 1. The molecule has 0 fully saturated rings. The first-order chi connectivity index (χ1) is 25.7. The molecule has 1 atom stereocenters. The minimum absolute atomic E-state index is 0.123. The number of nitrogens with one attached hydrogen (secondary N) is 2. The van der Waals surface area contributed by atoms with Crippen molar-refractivity contribution in [3.05, 3.63) is 126 Å². The van der Waals surface area contributed by atoms with Gasteiger partial charge in [0.1, 0.15) is 22.6 Å². The summed E-state index contributed by atoms with van der Waals surface area (Å²) in [5.41, 5.74) is 4.18. The number of aromatic nitrogens is 6. The van der Waals surface area contributed by atoms with E-state index in [-0.39, 0.29) is 12.3 Å². The lowest BCUT2D eigenvalue weighted by Gasteiger charge is -2.13. The summed E-state index contributed by atoms with van der Waals surface area (Å²) in [6.45, 7) is 8.02. The van der Waals surface area contributed by atoms with Crippen molar-refractivity contribution in [1.82, 2.24) is 34.6 Å². The third kappa shape index (κ3) is 7.84. The van der Waals surface area contributed by atoms with Crippen LogP contribution in [0, 0.1) is 20.8 Å². The summed E-state index contributed by atoms with van der Waals surface area (Å²) in [7, 11) is 0. The standard InChI is InChI=1S/C38H37ClN8O5S/c1-22-23(2)53-37-34(22)35(25-6-8-27(39)9-7-25)42-31(36-45-44-24(3)47(36)37)20-33(49)40-13-4-15-51-16-5-17-52-29-10-11-30-26(19-29)18-28(21-41-30)46-14-12-32(48)43-38(46)50/h6-12,14,18-19,21,31H,4-5,13,15-17,20H2,1-3H3,(H,40,49)(H,43,48,50). The molecule has 1 aliphatic heterocycles. The van der Waals surface area contributed by atoms with Crippen molar-refractivity contribution in [2.45, 2.75) is 46.1 Å². The molecule has 53 heavy (non-hydrogen) atoms. The van der Waals surface area contributed by atoms with Crippen LogP contribution in [-0.4, -0.2) is 67.3 Å². The van der Waals surface area contributed by atoms with Gasteiger partial charge in [-0.05, 0) is 69.2 Å². The number of aromatic amines is 1. The van der Waals surface area contributed by atoms with Crippen molar-refractivity contribution in [2.24, 2.45) is 4.99 Å². The van der Waals surface area contributed by atoms with Gasteiger partial charge in [0.2, 0.25) is 5.91 Å². The van der Waals surface area contributed by atoms with Gasteiger partial charge in [0.25, 0.3) is 5.56 Å². The fourth-order valence-electron chi connectivity index (χ4n) is 6.18. The van der Waals surface area contributed by atoms with Crippen LogP contribution in [0.25, 0.3) is 21.6 Å². The summed E-state index contributed by atoms with van der Waals surface area (Å²) in [6, 6.07) is 15.7. The first-order valence-electron chi connectivity index (χ1n) is 17.2. The number of fused-ring (bicyclic) bond motifs is 4. The summed E-state index contributed by atoms with van der Waals surface area (Å²) < 4.78 is 15.1. The molecule has 1 aliphatic rings. The molecule has 0 saturated heterocycles. The van der Waals surface area contributed by atoms with Crippen molar-refractivity contribution >= 4 is 45.5 Å². The number of hydrogen-bond donors (Lipinski definition) is 2. The minimum atomic E-state index is -0.536. The molecule has 1 unspecified atom stereocenters. The molecule has 0 radical (unpaired) electrons. The van der Waals surface area contributed by atoms with E-state index in [0.717, 1.165) is 44.1 Å². The number of aryl methyl sites for hydroxylation is 2. The predicted molar refractivity (Wildman–Crippen MR) is 204 cm³/mol. The lowest BCUT2D eigenvalue weighted by atomic mass is 9.99. The molecule has 4 aromatic heterocycles. The molecule has 2 N–H and O–H groups in total. The minimum Gasteiger partial charge on any atom is -0.493 e. The average molecular weight is 753 g/mol. The highest BCUT2D eigenvalue weighted by Crippen LogP contribution is 2.39. The molecule has 2 aromatic carbocycles. The zero-order valence-corrected chi connectivity index (χ0v) is 31.0. The Labute approximate surface area is 313 Å². The maximum absolute atomic E-state index is 13.2. The molecular weight excluding hydrogens is 716 g/mol. The van der Waals surface area contributed by atoms with Gasteiger partial charge in [0.05, 0.1) is 36.1 Å². The highest BCUT2D eigenvalue weighted by Gasteiger charge is 2.32. The number of benzene rings is 2. The fraction of sp³-hybridized carbons (Fsp3) is 0.289. The normalized spacial score (nSPS) is 13.7. The highest BCUT2D eigenvalue weighted by atomic mass is 35.5. The van der Waals surface area contributed by atoms with Gasteiger partial charge in [-0.3, -0.25) is 33.7 Å². The SMILES string of the molecule is Cc1sc2c(c1C)C(c1ccc(Cl)cc1)=NC(CC(=O)NCCCOCCCOc1ccc3ncc(-n4ccc(=O)[nH]c4=O)cc3c1)c1nnc(C)n1-2. The molecular formula is C38H37ClN8O5S. The van der Waals surface area contributed by atoms with Crippen LogP contribution in [0.4, 0.5) is 0 Å². The number of halogens is 1. The highest BCUT2D eigenvalue weighted by molar-refractivity contribution is 7.15. The van der Waals surface area contributed by atoms with Crippen LogP contribution >= 0.6 is 22.9 Å². The van der Waals surface area contributed by atoms with Crippen LogP contribution in [0.15, 0.2) is 81.6 Å². The van der Waals surface area contributed by atoms with Gasteiger partial charge in [-0.25, -0.2) is 4.79 Å². The maximum atomic E-state index is 13.2. The molecule has 5 heterocycles. The van der Waals surface area contributed by atoms with Gasteiger partial charge in [-0.1, -0.05) is 23.7 Å². The lowest BCUT2D eigenvalue weighted by Crippen LogP contribution is -2.27. The van der Waals surface area contributed by atoms with Crippen molar-refractivity contribution in [1.29, 1.82) is 0 Å². The number of thiophene rings is 1. The number of H-pyrrole nitrogens is 1. The zero-order chi connectivity index (χ0) is 37.1. The van der Waals surface area contributed by atoms with Crippen LogP contribution in [0.1, 0.15) is 58.5 Å². The summed E-state index contributed by atoms with van der Waals surface area (Å²) >= 11 is 7.89. The van der Waals surface area contributed by atoms with Crippen LogP contribution in [-0.2, 0) is 9.53 Å². The van der Waals surface area contributed by atoms with Gasteiger partial charge >= 0.3 is 5.69 Å². The smallest absolute Gasteiger partial charge is 0.332 e. The van der Waals surface area contributed by atoms with Gasteiger partial charge in [-0.2, -0.15) is 0 Å². The molecule has 15 heteroatoms. The van der Waals surface area contributed by atoms with E-state index in [2.05, 4.69) is 39.3 Å². The number of nitrogens with zero attached hydrogens (tertiary/aromatic N) is 6. The summed E-state index contributed by atoms with van der Waals surface area (Å²) in [5.74, 6) is 1.92. The molecule has 1 amide bonds. The lowest BCUT2D eigenvalue weighted by molar-refractivity contribution is -0.121. The monoisotopic (exact) mass is 752 g/mol. The van der Waals surface area contributed by atoms with Gasteiger partial charge < -0.3 is 14.8 Å². The molecule has 0 saturated carbocycles.